The van der Waals surface area contributed by atoms with Gasteiger partial charge in [-0.15, -0.1) is 0 Å². The van der Waals surface area contributed by atoms with E-state index in [-0.39, 0.29) is 18.7 Å². The second-order valence-electron chi connectivity index (χ2n) is 4.42. The Morgan fingerprint density at radius 2 is 2.32 bits per heavy atom. The maximum atomic E-state index is 12.2. The van der Waals surface area contributed by atoms with Gasteiger partial charge in [-0.3, -0.25) is 0 Å². The van der Waals surface area contributed by atoms with Crippen LogP contribution in [-0.2, 0) is 0 Å². The smallest absolute Gasteiger partial charge is 0.322 e. The Morgan fingerprint density at radius 3 is 2.89 bits per heavy atom. The average molecular weight is 329 g/mol. The lowest BCUT2D eigenvalue weighted by Gasteiger charge is -2.22. The van der Waals surface area contributed by atoms with Crippen molar-refractivity contribution in [3.63, 3.8) is 0 Å². The van der Waals surface area contributed by atoms with Crippen LogP contribution in [0.15, 0.2) is 22.7 Å². The van der Waals surface area contributed by atoms with Crippen LogP contribution in [0.25, 0.3) is 0 Å². The molecule has 0 saturated heterocycles. The number of carbonyl (C=O) groups excluding carboxylic acids is 1. The highest BCUT2D eigenvalue weighted by atomic mass is 79.9. The zero-order chi connectivity index (χ0) is 13.8. The molecule has 0 spiro atoms. The molecule has 1 fully saturated rings. The number of carbonyl (C=O) groups is 1. The van der Waals surface area contributed by atoms with Gasteiger partial charge in [0, 0.05) is 17.1 Å². The predicted octanol–water partition coefficient (Wildman–Crippen LogP) is 2.45. The number of methoxy groups -OCH3 is 1. The van der Waals surface area contributed by atoms with Crippen LogP contribution in [-0.4, -0.2) is 42.3 Å². The summed E-state index contributed by atoms with van der Waals surface area (Å²) in [6.07, 6.45) is 2.01. The van der Waals surface area contributed by atoms with Crippen LogP contribution >= 0.6 is 15.9 Å². The molecule has 0 bridgehead atoms. The van der Waals surface area contributed by atoms with Gasteiger partial charge >= 0.3 is 6.03 Å². The molecular weight excluding hydrogens is 312 g/mol. The first-order valence-corrected chi connectivity index (χ1v) is 6.97. The van der Waals surface area contributed by atoms with Crippen molar-refractivity contribution < 1.29 is 14.6 Å². The maximum Gasteiger partial charge on any atom is 0.322 e. The van der Waals surface area contributed by atoms with Gasteiger partial charge in [0.1, 0.15) is 5.75 Å². The van der Waals surface area contributed by atoms with Crippen molar-refractivity contribution in [1.29, 1.82) is 0 Å². The summed E-state index contributed by atoms with van der Waals surface area (Å²) in [6.45, 7) is 0.326. The minimum Gasteiger partial charge on any atom is -0.495 e. The molecule has 2 rings (SSSR count). The third kappa shape index (κ3) is 3.61. The van der Waals surface area contributed by atoms with Crippen molar-refractivity contribution in [2.45, 2.75) is 18.9 Å². The van der Waals surface area contributed by atoms with Gasteiger partial charge in [0.25, 0.3) is 0 Å². The molecule has 0 atom stereocenters. The van der Waals surface area contributed by atoms with Crippen molar-refractivity contribution in [1.82, 2.24) is 4.90 Å². The number of amides is 2. The molecule has 5 nitrogen and oxygen atoms in total. The van der Waals surface area contributed by atoms with E-state index in [1.54, 1.807) is 24.1 Å². The van der Waals surface area contributed by atoms with Crippen molar-refractivity contribution in [2.24, 2.45) is 0 Å². The Hall–Kier alpha value is -1.27. The average Bonchev–Trinajstić information content (AvgIpc) is 3.20. The molecule has 104 valence electrons. The fraction of sp³-hybridized carbons (Fsp3) is 0.462. The van der Waals surface area contributed by atoms with Gasteiger partial charge in [0.05, 0.1) is 19.4 Å². The summed E-state index contributed by atoms with van der Waals surface area (Å²) in [4.78, 5) is 13.9. The number of nitrogens with zero attached hydrogens (tertiary/aromatic N) is 1. The lowest BCUT2D eigenvalue weighted by atomic mass is 10.3. The number of nitrogens with one attached hydrogen (secondary N) is 1. The molecule has 1 saturated carbocycles. The lowest BCUT2D eigenvalue weighted by Crippen LogP contribution is -2.38. The van der Waals surface area contributed by atoms with Crippen LogP contribution < -0.4 is 10.1 Å². The van der Waals surface area contributed by atoms with Gasteiger partial charge < -0.3 is 20.1 Å². The Balaban J connectivity index is 2.10. The number of halogens is 1. The number of urea groups is 1. The monoisotopic (exact) mass is 328 g/mol. The number of rotatable bonds is 5. The van der Waals surface area contributed by atoms with E-state index in [0.717, 1.165) is 17.3 Å². The minimum absolute atomic E-state index is 0.0282. The topological polar surface area (TPSA) is 61.8 Å². The van der Waals surface area contributed by atoms with Crippen molar-refractivity contribution in [3.05, 3.63) is 22.7 Å². The molecule has 2 N–H and O–H groups in total. The van der Waals surface area contributed by atoms with Crippen molar-refractivity contribution in [2.75, 3.05) is 25.6 Å². The number of anilines is 1. The summed E-state index contributed by atoms with van der Waals surface area (Å²) in [5.41, 5.74) is 0.616. The fourth-order valence-corrected chi connectivity index (χ4v) is 2.27. The quantitative estimate of drug-likeness (QED) is 0.872. The van der Waals surface area contributed by atoms with Gasteiger partial charge in [-0.05, 0) is 31.0 Å². The van der Waals surface area contributed by atoms with E-state index < -0.39 is 0 Å². The third-order valence-electron chi connectivity index (χ3n) is 2.99. The first-order chi connectivity index (χ1) is 9.15. The normalized spacial score (nSPS) is 14.1. The number of ether oxygens (including phenoxy) is 1. The molecule has 19 heavy (non-hydrogen) atoms. The van der Waals surface area contributed by atoms with E-state index in [4.69, 9.17) is 9.84 Å². The van der Waals surface area contributed by atoms with E-state index in [9.17, 15) is 4.79 Å². The van der Waals surface area contributed by atoms with Crippen LogP contribution in [0.5, 0.6) is 5.75 Å². The minimum atomic E-state index is -0.201. The molecule has 2 amide bonds. The van der Waals surface area contributed by atoms with Crippen LogP contribution in [0.1, 0.15) is 12.8 Å². The summed E-state index contributed by atoms with van der Waals surface area (Å²) >= 11 is 3.36. The Bertz CT molecular complexity index is 463. The fourth-order valence-electron chi connectivity index (χ4n) is 1.91. The number of aliphatic hydroxyl groups excluding tert-OH is 1. The zero-order valence-corrected chi connectivity index (χ0v) is 12.3. The molecule has 1 aliphatic carbocycles. The Labute approximate surface area is 120 Å². The number of benzene rings is 1. The van der Waals surface area contributed by atoms with Gasteiger partial charge in [-0.2, -0.15) is 0 Å². The van der Waals surface area contributed by atoms with Gasteiger partial charge in [-0.1, -0.05) is 15.9 Å². The van der Waals surface area contributed by atoms with Crippen LogP contribution in [0.2, 0.25) is 0 Å². The van der Waals surface area contributed by atoms with Gasteiger partial charge in [-0.25, -0.2) is 4.79 Å². The first kappa shape index (κ1) is 14.1. The highest BCUT2D eigenvalue weighted by Gasteiger charge is 2.32. The van der Waals surface area contributed by atoms with Gasteiger partial charge in [0.15, 0.2) is 0 Å². The number of hydrogen-bond acceptors (Lipinski definition) is 3. The zero-order valence-electron chi connectivity index (χ0n) is 10.7. The molecule has 0 aromatic heterocycles. The Kier molecular flexibility index (Phi) is 4.66. The number of hydrogen-bond donors (Lipinski definition) is 2. The SMILES string of the molecule is COc1ccc(Br)cc1NC(=O)N(CCO)C1CC1. The van der Waals surface area contributed by atoms with Crippen LogP contribution in [0.3, 0.4) is 0 Å². The van der Waals surface area contributed by atoms with Gasteiger partial charge in [0.2, 0.25) is 0 Å². The Morgan fingerprint density at radius 1 is 1.58 bits per heavy atom. The summed E-state index contributed by atoms with van der Waals surface area (Å²) in [5, 5.41) is 11.8. The first-order valence-electron chi connectivity index (χ1n) is 6.17. The summed E-state index contributed by atoms with van der Waals surface area (Å²) in [5.74, 6) is 0.608. The van der Waals surface area contributed by atoms with Crippen LogP contribution in [0, 0.1) is 0 Å². The molecule has 0 radical (unpaired) electrons. The van der Waals surface area contributed by atoms with Crippen molar-refractivity contribution >= 4 is 27.6 Å². The second kappa shape index (κ2) is 6.25. The predicted molar refractivity (Wildman–Crippen MR) is 76.5 cm³/mol. The summed E-state index contributed by atoms with van der Waals surface area (Å²) in [6, 6.07) is 5.48. The molecule has 0 aliphatic heterocycles. The molecule has 1 aromatic rings. The van der Waals surface area contributed by atoms with E-state index >= 15 is 0 Å². The highest BCUT2D eigenvalue weighted by Crippen LogP contribution is 2.30. The molecule has 1 aliphatic rings. The molecule has 6 heteroatoms. The third-order valence-corrected chi connectivity index (χ3v) is 3.49. The molecule has 0 heterocycles. The van der Waals surface area contributed by atoms with E-state index in [1.807, 2.05) is 6.07 Å². The highest BCUT2D eigenvalue weighted by molar-refractivity contribution is 9.10. The van der Waals surface area contributed by atoms with Crippen LogP contribution in [0.4, 0.5) is 10.5 Å². The van der Waals surface area contributed by atoms with E-state index in [2.05, 4.69) is 21.2 Å². The summed E-state index contributed by atoms with van der Waals surface area (Å²) < 4.78 is 6.08. The molecule has 1 aromatic carbocycles. The maximum absolute atomic E-state index is 12.2. The second-order valence-corrected chi connectivity index (χ2v) is 5.34. The molecular formula is C13H17BrN2O3. The van der Waals surface area contributed by atoms with Crippen molar-refractivity contribution in [3.8, 4) is 5.75 Å². The van der Waals surface area contributed by atoms with E-state index in [0.29, 0.717) is 18.0 Å². The summed E-state index contributed by atoms with van der Waals surface area (Å²) in [7, 11) is 1.56. The lowest BCUT2D eigenvalue weighted by molar-refractivity contribution is 0.185. The largest absolute Gasteiger partial charge is 0.495 e. The molecule has 0 unspecified atom stereocenters. The number of aliphatic hydroxyl groups is 1. The standard InChI is InChI=1S/C13H17BrN2O3/c1-19-12-5-2-9(14)8-11(12)15-13(18)16(6-7-17)10-3-4-10/h2,5,8,10,17H,3-4,6-7H2,1H3,(H,15,18). The van der Waals surface area contributed by atoms with E-state index in [1.165, 1.54) is 0 Å².